The molecule has 1 aliphatic rings. The van der Waals surface area contributed by atoms with Gasteiger partial charge < -0.3 is 20.1 Å². The second-order valence-electron chi connectivity index (χ2n) is 10.8. The molecule has 7 nitrogen and oxygen atoms in total. The van der Waals surface area contributed by atoms with Gasteiger partial charge in [-0.05, 0) is 83.4 Å². The highest BCUT2D eigenvalue weighted by Gasteiger charge is 2.38. The molecule has 2 aromatic carbocycles. The number of pyridine rings is 1. The molecule has 0 spiro atoms. The van der Waals surface area contributed by atoms with Crippen molar-refractivity contribution < 1.29 is 14.3 Å². The van der Waals surface area contributed by atoms with Crippen LogP contribution >= 0.6 is 11.6 Å². The third kappa shape index (κ3) is 6.45. The Labute approximate surface area is 229 Å². The molecule has 38 heavy (non-hydrogen) atoms. The number of hydrogen-bond donors (Lipinski definition) is 2. The number of hydrogen-bond acceptors (Lipinski definition) is 6. The fraction of sp³-hybridized carbons (Fsp3) is 0.367. The summed E-state index contributed by atoms with van der Waals surface area (Å²) in [6, 6.07) is 16.2. The predicted octanol–water partition coefficient (Wildman–Crippen LogP) is 6.50. The lowest BCUT2D eigenvalue weighted by molar-refractivity contribution is 0.0873. The van der Waals surface area contributed by atoms with Gasteiger partial charge in [-0.25, -0.2) is 4.98 Å². The van der Waals surface area contributed by atoms with Crippen molar-refractivity contribution in [3.63, 3.8) is 0 Å². The number of nitrogens with zero attached hydrogens (tertiary/aromatic N) is 2. The number of amides is 1. The molecule has 1 saturated heterocycles. The Balaban J connectivity index is 1.54. The van der Waals surface area contributed by atoms with E-state index < -0.39 is 0 Å². The first-order valence-corrected chi connectivity index (χ1v) is 13.1. The summed E-state index contributed by atoms with van der Waals surface area (Å²) in [5.41, 5.74) is 2.12. The first kappa shape index (κ1) is 27.4. The smallest absolute Gasteiger partial charge is 0.251 e. The van der Waals surface area contributed by atoms with E-state index in [1.165, 1.54) is 0 Å². The Morgan fingerprint density at radius 3 is 2.53 bits per heavy atom. The first-order valence-electron chi connectivity index (χ1n) is 12.7. The van der Waals surface area contributed by atoms with Crippen LogP contribution in [0.3, 0.4) is 0 Å². The van der Waals surface area contributed by atoms with Crippen molar-refractivity contribution in [1.82, 2.24) is 15.6 Å². The van der Waals surface area contributed by atoms with Crippen LogP contribution in [0.25, 0.3) is 11.1 Å². The molecule has 0 atom stereocenters. The average molecular weight is 533 g/mol. The summed E-state index contributed by atoms with van der Waals surface area (Å²) in [5.74, 6) is 1.01. The second kappa shape index (κ2) is 11.0. The molecule has 4 rings (SSSR count). The summed E-state index contributed by atoms with van der Waals surface area (Å²) in [5, 5.41) is 17.0. The minimum absolute atomic E-state index is 0.0424. The number of piperidine rings is 1. The monoisotopic (exact) mass is 532 g/mol. The van der Waals surface area contributed by atoms with Gasteiger partial charge in [-0.1, -0.05) is 23.7 Å². The number of nitriles is 1. The molecule has 0 radical (unpaired) electrons. The molecule has 0 aliphatic carbocycles. The molecule has 198 valence electrons. The lowest BCUT2D eigenvalue weighted by Gasteiger charge is -2.46. The summed E-state index contributed by atoms with van der Waals surface area (Å²) in [7, 11) is 0. The molecule has 2 heterocycles. The number of carbonyl (C=O) groups excluding carboxylic acids is 1. The third-order valence-corrected chi connectivity index (χ3v) is 6.71. The van der Waals surface area contributed by atoms with Crippen molar-refractivity contribution in [1.29, 1.82) is 5.26 Å². The van der Waals surface area contributed by atoms with E-state index >= 15 is 0 Å². The van der Waals surface area contributed by atoms with Gasteiger partial charge in [0.05, 0.1) is 11.6 Å². The Morgan fingerprint density at radius 1 is 1.13 bits per heavy atom. The molecule has 1 amide bonds. The lowest BCUT2D eigenvalue weighted by atomic mass is 9.79. The summed E-state index contributed by atoms with van der Waals surface area (Å²) in [6.07, 6.45) is 3.29. The fourth-order valence-corrected chi connectivity index (χ4v) is 5.53. The maximum absolute atomic E-state index is 13.0. The topological polar surface area (TPSA) is 96.3 Å². The van der Waals surface area contributed by atoms with Crippen LogP contribution < -0.4 is 20.1 Å². The second-order valence-corrected chi connectivity index (χ2v) is 11.2. The van der Waals surface area contributed by atoms with Crippen LogP contribution in [0.4, 0.5) is 0 Å². The zero-order valence-electron chi connectivity index (χ0n) is 22.4. The number of rotatable bonds is 7. The SMILES string of the molecule is CCOc1cc(-c2cccc(Oc3ccc(C(=O)NC4CC(C)(C)NC(C)(C)C4)cc3Cl)c2C#N)ccn1. The number of halogens is 1. The molecule has 1 aromatic heterocycles. The van der Waals surface area contributed by atoms with E-state index in [1.54, 1.807) is 36.5 Å². The lowest BCUT2D eigenvalue weighted by Crippen LogP contribution is -2.62. The van der Waals surface area contributed by atoms with E-state index in [1.807, 2.05) is 25.1 Å². The first-order chi connectivity index (χ1) is 18.0. The molecule has 3 aromatic rings. The molecule has 0 bridgehead atoms. The molecule has 8 heteroatoms. The number of nitrogens with one attached hydrogen (secondary N) is 2. The van der Waals surface area contributed by atoms with Gasteiger partial charge in [0.15, 0.2) is 0 Å². The molecule has 0 unspecified atom stereocenters. The van der Waals surface area contributed by atoms with Crippen molar-refractivity contribution in [2.75, 3.05) is 6.61 Å². The van der Waals surface area contributed by atoms with Gasteiger partial charge in [-0.15, -0.1) is 0 Å². The van der Waals surface area contributed by atoms with E-state index in [4.69, 9.17) is 21.1 Å². The van der Waals surface area contributed by atoms with Gasteiger partial charge in [0, 0.05) is 40.5 Å². The van der Waals surface area contributed by atoms with Gasteiger partial charge in [0.1, 0.15) is 23.1 Å². The normalized spacial score (nSPS) is 16.3. The summed E-state index contributed by atoms with van der Waals surface area (Å²) >= 11 is 6.54. The van der Waals surface area contributed by atoms with Crippen molar-refractivity contribution in [2.45, 2.75) is 64.6 Å². The summed E-state index contributed by atoms with van der Waals surface area (Å²) in [4.78, 5) is 17.2. The Bertz CT molecular complexity index is 1360. The van der Waals surface area contributed by atoms with Crippen LogP contribution in [-0.2, 0) is 0 Å². The van der Waals surface area contributed by atoms with Gasteiger partial charge in [-0.2, -0.15) is 5.26 Å². The van der Waals surface area contributed by atoms with Gasteiger partial charge in [-0.3, -0.25) is 4.79 Å². The van der Waals surface area contributed by atoms with Crippen molar-refractivity contribution in [3.05, 3.63) is 70.9 Å². The largest absolute Gasteiger partial charge is 0.478 e. The highest BCUT2D eigenvalue weighted by molar-refractivity contribution is 6.32. The Hall–Kier alpha value is -3.60. The number of aromatic nitrogens is 1. The Morgan fingerprint density at radius 2 is 1.87 bits per heavy atom. The quantitative estimate of drug-likeness (QED) is 0.360. The zero-order chi connectivity index (χ0) is 27.5. The van der Waals surface area contributed by atoms with Crippen molar-refractivity contribution in [3.8, 4) is 34.6 Å². The van der Waals surface area contributed by atoms with Crippen LogP contribution in [-0.4, -0.2) is 34.6 Å². The van der Waals surface area contributed by atoms with Crippen LogP contribution in [0.5, 0.6) is 17.4 Å². The van der Waals surface area contributed by atoms with Gasteiger partial charge >= 0.3 is 0 Å². The van der Waals surface area contributed by atoms with E-state index in [2.05, 4.69) is 49.4 Å². The minimum atomic E-state index is -0.181. The van der Waals surface area contributed by atoms with E-state index in [0.717, 1.165) is 18.4 Å². The Kier molecular flexibility index (Phi) is 7.96. The van der Waals surface area contributed by atoms with Crippen LogP contribution in [0.2, 0.25) is 5.02 Å². The molecule has 0 saturated carbocycles. The maximum atomic E-state index is 13.0. The number of carbonyl (C=O) groups is 1. The predicted molar refractivity (Wildman–Crippen MR) is 149 cm³/mol. The van der Waals surface area contributed by atoms with E-state index in [-0.39, 0.29) is 28.0 Å². The van der Waals surface area contributed by atoms with Crippen molar-refractivity contribution >= 4 is 17.5 Å². The summed E-state index contributed by atoms with van der Waals surface area (Å²) in [6.45, 7) is 11.0. The van der Waals surface area contributed by atoms with Crippen LogP contribution in [0.1, 0.15) is 63.4 Å². The molecule has 1 aliphatic heterocycles. The van der Waals surface area contributed by atoms with Crippen LogP contribution in [0, 0.1) is 11.3 Å². The maximum Gasteiger partial charge on any atom is 0.251 e. The van der Waals surface area contributed by atoms with Crippen LogP contribution in [0.15, 0.2) is 54.7 Å². The van der Waals surface area contributed by atoms with Gasteiger partial charge in [0.2, 0.25) is 5.88 Å². The zero-order valence-corrected chi connectivity index (χ0v) is 23.1. The van der Waals surface area contributed by atoms with E-state index in [9.17, 15) is 10.1 Å². The molecule has 1 fully saturated rings. The number of ether oxygens (including phenoxy) is 2. The van der Waals surface area contributed by atoms with Crippen molar-refractivity contribution in [2.24, 2.45) is 0 Å². The molecular formula is C30H33ClN4O3. The third-order valence-electron chi connectivity index (χ3n) is 6.42. The number of benzene rings is 2. The highest BCUT2D eigenvalue weighted by atomic mass is 35.5. The minimum Gasteiger partial charge on any atom is -0.478 e. The molecule has 2 N–H and O–H groups in total. The average Bonchev–Trinajstić information content (AvgIpc) is 2.83. The molecular weight excluding hydrogens is 500 g/mol. The fourth-order valence-electron chi connectivity index (χ4n) is 5.31. The standard InChI is InChI=1S/C30H33ClN4O3/c1-6-37-27-15-19(12-13-33-27)22-8-7-9-25(23(22)18-32)38-26-11-10-20(14-24(26)31)28(36)34-21-16-29(2,3)35-30(4,5)17-21/h7-15,21,35H,6,16-17H2,1-5H3,(H,34,36). The van der Waals surface area contributed by atoms with E-state index in [0.29, 0.717) is 40.7 Å². The van der Waals surface area contributed by atoms with Gasteiger partial charge in [0.25, 0.3) is 5.91 Å². The highest BCUT2D eigenvalue weighted by Crippen LogP contribution is 2.36. The summed E-state index contributed by atoms with van der Waals surface area (Å²) < 4.78 is 11.6.